The number of halogens is 1. The van der Waals surface area contributed by atoms with Crippen LogP contribution in [0.2, 0.25) is 0 Å². The number of nitrogens with two attached hydrogens (primary N) is 1. The molecule has 96 valence electrons. The minimum atomic E-state index is -0.416. The van der Waals surface area contributed by atoms with Crippen LogP contribution in [0.15, 0.2) is 24.5 Å². The lowest BCUT2D eigenvalue weighted by Gasteiger charge is -2.11. The van der Waals surface area contributed by atoms with Crippen LogP contribution in [0.1, 0.15) is 18.3 Å². The van der Waals surface area contributed by atoms with Crippen molar-refractivity contribution in [1.82, 2.24) is 14.8 Å². The Kier molecular flexibility index (Phi) is 3.88. The van der Waals surface area contributed by atoms with Crippen molar-refractivity contribution in [1.29, 1.82) is 0 Å². The Morgan fingerprint density at radius 3 is 3.00 bits per heavy atom. The number of hydrogen-bond acceptors (Lipinski definition) is 4. The van der Waals surface area contributed by atoms with E-state index in [0.717, 1.165) is 0 Å². The van der Waals surface area contributed by atoms with Gasteiger partial charge in [0.1, 0.15) is 12.9 Å². The van der Waals surface area contributed by atoms with Gasteiger partial charge in [0, 0.05) is 18.7 Å². The molecule has 2 aromatic rings. The van der Waals surface area contributed by atoms with Gasteiger partial charge in [-0.2, -0.15) is 5.10 Å². The number of rotatable bonds is 5. The Labute approximate surface area is 104 Å². The number of aryl methyl sites for hydroxylation is 1. The molecule has 0 aliphatic rings. The molecule has 0 spiro atoms. The molecule has 1 aromatic heterocycles. The first-order valence-corrected chi connectivity index (χ1v) is 5.73. The maximum Gasteiger partial charge on any atom is 0.165 e. The zero-order valence-corrected chi connectivity index (χ0v) is 10.1. The molecule has 0 fully saturated rings. The van der Waals surface area contributed by atoms with Crippen LogP contribution in [-0.2, 0) is 19.7 Å². The molecule has 0 aliphatic heterocycles. The molecule has 1 aromatic carbocycles. The molecule has 0 atom stereocenters. The molecule has 0 aliphatic carbocycles. The fourth-order valence-corrected chi connectivity index (χ4v) is 1.68. The van der Waals surface area contributed by atoms with Crippen LogP contribution < -0.4 is 10.5 Å². The molecule has 0 amide bonds. The average Bonchev–Trinajstić information content (AvgIpc) is 2.84. The third-order valence-corrected chi connectivity index (χ3v) is 2.61. The summed E-state index contributed by atoms with van der Waals surface area (Å²) in [6.07, 6.45) is 1.45. The maximum absolute atomic E-state index is 13.6. The van der Waals surface area contributed by atoms with Gasteiger partial charge in [0.2, 0.25) is 0 Å². The summed E-state index contributed by atoms with van der Waals surface area (Å²) >= 11 is 0. The third-order valence-electron chi connectivity index (χ3n) is 2.61. The van der Waals surface area contributed by atoms with Gasteiger partial charge in [-0.3, -0.25) is 0 Å². The van der Waals surface area contributed by atoms with Gasteiger partial charge >= 0.3 is 0 Å². The molecule has 0 unspecified atom stereocenters. The van der Waals surface area contributed by atoms with E-state index in [9.17, 15) is 4.39 Å². The second-order valence-electron chi connectivity index (χ2n) is 3.71. The predicted octanol–water partition coefficient (Wildman–Crippen LogP) is 1.47. The van der Waals surface area contributed by atoms with E-state index >= 15 is 0 Å². The summed E-state index contributed by atoms with van der Waals surface area (Å²) in [6.45, 7) is 3.04. The van der Waals surface area contributed by atoms with Crippen molar-refractivity contribution in [3.05, 3.63) is 41.7 Å². The SMILES string of the molecule is CCn1ncnc1COc1c(F)cccc1CN. The Bertz CT molecular complexity index is 527. The van der Waals surface area contributed by atoms with Gasteiger partial charge in [-0.05, 0) is 13.0 Å². The molecule has 2 N–H and O–H groups in total. The summed E-state index contributed by atoms with van der Waals surface area (Å²) in [5.41, 5.74) is 6.18. The van der Waals surface area contributed by atoms with Crippen molar-refractivity contribution in [2.24, 2.45) is 5.73 Å². The van der Waals surface area contributed by atoms with E-state index in [4.69, 9.17) is 10.5 Å². The van der Waals surface area contributed by atoms with Crippen LogP contribution in [-0.4, -0.2) is 14.8 Å². The molecule has 0 saturated carbocycles. The van der Waals surface area contributed by atoms with Crippen LogP contribution >= 0.6 is 0 Å². The van der Waals surface area contributed by atoms with E-state index in [-0.39, 0.29) is 18.9 Å². The third kappa shape index (κ3) is 2.48. The highest BCUT2D eigenvalue weighted by molar-refractivity contribution is 5.34. The van der Waals surface area contributed by atoms with Gasteiger partial charge in [-0.15, -0.1) is 0 Å². The normalized spacial score (nSPS) is 10.6. The molecule has 18 heavy (non-hydrogen) atoms. The summed E-state index contributed by atoms with van der Waals surface area (Å²) in [4.78, 5) is 4.06. The number of aromatic nitrogens is 3. The first kappa shape index (κ1) is 12.5. The van der Waals surface area contributed by atoms with Crippen LogP contribution in [0.5, 0.6) is 5.75 Å². The minimum absolute atomic E-state index is 0.168. The summed E-state index contributed by atoms with van der Waals surface area (Å²) in [5, 5.41) is 4.02. The molecule has 0 radical (unpaired) electrons. The number of hydrogen-bond donors (Lipinski definition) is 1. The summed E-state index contributed by atoms with van der Waals surface area (Å²) in [7, 11) is 0. The Hall–Kier alpha value is -1.95. The molecule has 2 rings (SSSR count). The highest BCUT2D eigenvalue weighted by atomic mass is 19.1. The first-order valence-electron chi connectivity index (χ1n) is 5.73. The standard InChI is InChI=1S/C12H15FN4O/c1-2-17-11(15-8-16-17)7-18-12-9(6-14)4-3-5-10(12)13/h3-5,8H,2,6-7,14H2,1H3. The van der Waals surface area contributed by atoms with Gasteiger partial charge in [-0.1, -0.05) is 12.1 Å². The summed E-state index contributed by atoms with van der Waals surface area (Å²) < 4.78 is 20.8. The van der Waals surface area contributed by atoms with Crippen molar-refractivity contribution in [2.75, 3.05) is 0 Å². The molecule has 0 bridgehead atoms. The van der Waals surface area contributed by atoms with E-state index in [1.807, 2.05) is 6.92 Å². The monoisotopic (exact) mass is 250 g/mol. The number of ether oxygens (including phenoxy) is 1. The quantitative estimate of drug-likeness (QED) is 0.872. The number of benzene rings is 1. The summed E-state index contributed by atoms with van der Waals surface area (Å²) in [5.74, 6) is 0.426. The van der Waals surface area contributed by atoms with Gasteiger partial charge in [-0.25, -0.2) is 14.1 Å². The lowest BCUT2D eigenvalue weighted by atomic mass is 10.2. The lowest BCUT2D eigenvalue weighted by molar-refractivity contribution is 0.270. The number of nitrogens with zero attached hydrogens (tertiary/aromatic N) is 3. The average molecular weight is 250 g/mol. The van der Waals surface area contributed by atoms with Crippen LogP contribution in [0.4, 0.5) is 4.39 Å². The molecular weight excluding hydrogens is 235 g/mol. The topological polar surface area (TPSA) is 66.0 Å². The lowest BCUT2D eigenvalue weighted by Crippen LogP contribution is -2.09. The molecule has 6 heteroatoms. The molecule has 5 nitrogen and oxygen atoms in total. The van der Waals surface area contributed by atoms with Crippen LogP contribution in [0.3, 0.4) is 0 Å². The van der Waals surface area contributed by atoms with Crippen LogP contribution in [0.25, 0.3) is 0 Å². The Balaban J connectivity index is 2.15. The zero-order chi connectivity index (χ0) is 13.0. The molecule has 1 heterocycles. The highest BCUT2D eigenvalue weighted by Crippen LogP contribution is 2.23. The maximum atomic E-state index is 13.6. The van der Waals surface area contributed by atoms with E-state index in [1.54, 1.807) is 16.8 Å². The Morgan fingerprint density at radius 1 is 1.44 bits per heavy atom. The van der Waals surface area contributed by atoms with E-state index < -0.39 is 5.82 Å². The van der Waals surface area contributed by atoms with Gasteiger partial charge < -0.3 is 10.5 Å². The second kappa shape index (κ2) is 5.59. The largest absolute Gasteiger partial charge is 0.482 e. The smallest absolute Gasteiger partial charge is 0.165 e. The zero-order valence-electron chi connectivity index (χ0n) is 10.1. The molecule has 0 saturated heterocycles. The van der Waals surface area contributed by atoms with Crippen molar-refractivity contribution >= 4 is 0 Å². The van der Waals surface area contributed by atoms with Gasteiger partial charge in [0.15, 0.2) is 17.4 Å². The van der Waals surface area contributed by atoms with Crippen LogP contribution in [0, 0.1) is 5.82 Å². The van der Waals surface area contributed by atoms with E-state index in [0.29, 0.717) is 17.9 Å². The number of para-hydroxylation sites is 1. The highest BCUT2D eigenvalue weighted by Gasteiger charge is 2.10. The van der Waals surface area contributed by atoms with Crippen molar-refractivity contribution in [3.63, 3.8) is 0 Å². The van der Waals surface area contributed by atoms with Gasteiger partial charge in [0.05, 0.1) is 0 Å². The fourth-order valence-electron chi connectivity index (χ4n) is 1.68. The van der Waals surface area contributed by atoms with Crippen molar-refractivity contribution in [2.45, 2.75) is 26.6 Å². The molecular formula is C12H15FN4O. The fraction of sp³-hybridized carbons (Fsp3) is 0.333. The first-order chi connectivity index (χ1) is 8.76. The van der Waals surface area contributed by atoms with Crippen molar-refractivity contribution < 1.29 is 9.13 Å². The van der Waals surface area contributed by atoms with E-state index in [1.165, 1.54) is 12.4 Å². The van der Waals surface area contributed by atoms with Crippen molar-refractivity contribution in [3.8, 4) is 5.75 Å². The minimum Gasteiger partial charge on any atom is -0.482 e. The van der Waals surface area contributed by atoms with E-state index in [2.05, 4.69) is 10.1 Å². The second-order valence-corrected chi connectivity index (χ2v) is 3.71. The predicted molar refractivity (Wildman–Crippen MR) is 64.3 cm³/mol. The summed E-state index contributed by atoms with van der Waals surface area (Å²) in [6, 6.07) is 4.70. The Morgan fingerprint density at radius 2 is 2.28 bits per heavy atom. The van der Waals surface area contributed by atoms with Gasteiger partial charge in [0.25, 0.3) is 0 Å².